The molecule has 2 saturated heterocycles. The van der Waals surface area contributed by atoms with Gasteiger partial charge in [0, 0.05) is 42.9 Å². The fourth-order valence-electron chi connectivity index (χ4n) is 3.85. The van der Waals surface area contributed by atoms with Gasteiger partial charge in [0.25, 0.3) is 5.91 Å². The molecule has 2 fully saturated rings. The van der Waals surface area contributed by atoms with E-state index >= 15 is 0 Å². The van der Waals surface area contributed by atoms with E-state index in [0.29, 0.717) is 0 Å². The Morgan fingerprint density at radius 1 is 0.964 bits per heavy atom. The molecule has 0 N–H and O–H groups in total. The number of carbonyl (C=O) groups is 1. The molecule has 4 rings (SSSR count). The van der Waals surface area contributed by atoms with Crippen LogP contribution < -0.4 is 14.5 Å². The molecule has 0 aromatic heterocycles. The van der Waals surface area contributed by atoms with Crippen LogP contribution in [-0.4, -0.2) is 56.7 Å². The van der Waals surface area contributed by atoms with Crippen LogP contribution in [0.5, 0.6) is 5.75 Å². The molecule has 0 bridgehead atoms. The van der Waals surface area contributed by atoms with E-state index in [9.17, 15) is 4.79 Å². The molecule has 0 spiro atoms. The van der Waals surface area contributed by atoms with Gasteiger partial charge in [0.05, 0.1) is 5.69 Å². The predicted molar refractivity (Wildman–Crippen MR) is 116 cm³/mol. The number of likely N-dealkylation sites (N-methyl/N-ethyl adjacent to an activating group) is 1. The summed E-state index contributed by atoms with van der Waals surface area (Å²) >= 11 is 3.45. The summed E-state index contributed by atoms with van der Waals surface area (Å²) in [5, 5.41) is 0. The Balaban J connectivity index is 1.51. The highest BCUT2D eigenvalue weighted by molar-refractivity contribution is 9.10. The van der Waals surface area contributed by atoms with Crippen LogP contribution >= 0.6 is 15.9 Å². The molecule has 1 unspecified atom stereocenters. The summed E-state index contributed by atoms with van der Waals surface area (Å²) in [4.78, 5) is 19.7. The van der Waals surface area contributed by atoms with Gasteiger partial charge in [0.2, 0.25) is 0 Å². The van der Waals surface area contributed by atoms with Crippen LogP contribution in [0.2, 0.25) is 0 Å². The first kappa shape index (κ1) is 19.3. The third-order valence-electron chi connectivity index (χ3n) is 5.51. The number of hydrogen-bond acceptors (Lipinski definition) is 4. The summed E-state index contributed by atoms with van der Waals surface area (Å²) in [5.74, 6) is 0.852. The molecule has 2 aromatic rings. The fraction of sp³-hybridized carbons (Fsp3) is 0.409. The Hall–Kier alpha value is -2.05. The first-order chi connectivity index (χ1) is 13.6. The van der Waals surface area contributed by atoms with E-state index in [2.05, 4.69) is 38.8 Å². The number of piperidine rings is 1. The largest absolute Gasteiger partial charge is 0.478 e. The molecular weight excluding hydrogens is 418 g/mol. The van der Waals surface area contributed by atoms with E-state index < -0.39 is 6.10 Å². The summed E-state index contributed by atoms with van der Waals surface area (Å²) in [5.41, 5.74) is 2.01. The predicted octanol–water partition coefficient (Wildman–Crippen LogP) is 3.78. The van der Waals surface area contributed by atoms with Gasteiger partial charge in [-0.3, -0.25) is 4.79 Å². The zero-order valence-corrected chi connectivity index (χ0v) is 17.8. The number of benzene rings is 2. The highest BCUT2D eigenvalue weighted by Gasteiger charge is 2.32. The minimum absolute atomic E-state index is 0.0433. The van der Waals surface area contributed by atoms with Crippen molar-refractivity contribution in [3.05, 3.63) is 53.0 Å². The highest BCUT2D eigenvalue weighted by atomic mass is 79.9. The van der Waals surface area contributed by atoms with Crippen LogP contribution in [0.3, 0.4) is 0 Å². The normalized spacial score (nSPS) is 21.1. The van der Waals surface area contributed by atoms with Crippen molar-refractivity contribution in [2.75, 3.05) is 49.6 Å². The van der Waals surface area contributed by atoms with Crippen LogP contribution in [0.1, 0.15) is 12.8 Å². The number of anilines is 2. The summed E-state index contributed by atoms with van der Waals surface area (Å²) < 4.78 is 7.31. The Labute approximate surface area is 175 Å². The van der Waals surface area contributed by atoms with Gasteiger partial charge in [-0.25, -0.2) is 0 Å². The summed E-state index contributed by atoms with van der Waals surface area (Å²) in [6.45, 7) is 4.75. The zero-order valence-electron chi connectivity index (χ0n) is 16.2. The van der Waals surface area contributed by atoms with Crippen molar-refractivity contribution < 1.29 is 9.53 Å². The number of para-hydroxylation sites is 2. The molecule has 6 heteroatoms. The average molecular weight is 444 g/mol. The first-order valence-corrected chi connectivity index (χ1v) is 10.7. The molecule has 2 aliphatic heterocycles. The molecule has 148 valence electrons. The minimum Gasteiger partial charge on any atom is -0.478 e. The molecule has 0 saturated carbocycles. The second kappa shape index (κ2) is 8.53. The lowest BCUT2D eigenvalue weighted by molar-refractivity contribution is -0.126. The molecule has 1 atom stereocenters. The lowest BCUT2D eigenvalue weighted by atomic mass is 10.1. The van der Waals surface area contributed by atoms with Crippen molar-refractivity contribution in [2.24, 2.45) is 0 Å². The zero-order chi connectivity index (χ0) is 19.5. The molecule has 1 amide bonds. The van der Waals surface area contributed by atoms with E-state index in [4.69, 9.17) is 4.74 Å². The van der Waals surface area contributed by atoms with E-state index in [-0.39, 0.29) is 5.91 Å². The van der Waals surface area contributed by atoms with E-state index in [1.165, 1.54) is 0 Å². The number of rotatable bonds is 4. The summed E-state index contributed by atoms with van der Waals surface area (Å²) in [6, 6.07) is 16.0. The maximum Gasteiger partial charge on any atom is 0.268 e. The average Bonchev–Trinajstić information content (AvgIpc) is 2.71. The second-order valence-electron chi connectivity index (χ2n) is 7.47. The molecule has 5 nitrogen and oxygen atoms in total. The van der Waals surface area contributed by atoms with Crippen molar-refractivity contribution in [1.29, 1.82) is 0 Å². The quantitative estimate of drug-likeness (QED) is 0.720. The monoisotopic (exact) mass is 443 g/mol. The van der Waals surface area contributed by atoms with Crippen molar-refractivity contribution in [2.45, 2.75) is 18.9 Å². The lowest BCUT2D eigenvalue weighted by Crippen LogP contribution is -2.47. The third kappa shape index (κ3) is 4.18. The molecular formula is C22H26BrN3O2. The topological polar surface area (TPSA) is 36.0 Å². The van der Waals surface area contributed by atoms with Crippen molar-refractivity contribution in [1.82, 2.24) is 4.90 Å². The molecule has 2 aliphatic rings. The van der Waals surface area contributed by atoms with Gasteiger partial charge in [-0.15, -0.1) is 0 Å². The number of nitrogens with zero attached hydrogens (tertiary/aromatic N) is 3. The maximum atomic E-state index is 13.1. The van der Waals surface area contributed by atoms with Gasteiger partial charge in [0.15, 0.2) is 6.10 Å². The SMILES string of the molecule is CN1CCN(c2ccccc2OC2CCCN(c3ccc(Br)cc3)C2=O)CC1. The minimum atomic E-state index is -0.439. The van der Waals surface area contributed by atoms with Crippen molar-refractivity contribution in [3.8, 4) is 5.75 Å². The van der Waals surface area contributed by atoms with Gasteiger partial charge in [-0.1, -0.05) is 28.1 Å². The second-order valence-corrected chi connectivity index (χ2v) is 8.39. The summed E-state index contributed by atoms with van der Waals surface area (Å²) in [7, 11) is 2.15. The molecule has 0 radical (unpaired) electrons. The number of halogens is 1. The van der Waals surface area contributed by atoms with Crippen LogP contribution in [0.4, 0.5) is 11.4 Å². The smallest absolute Gasteiger partial charge is 0.268 e. The molecule has 2 aromatic carbocycles. The standard InChI is InChI=1S/C22H26BrN3O2/c1-24-13-15-25(16-14-24)19-5-2-3-6-20(19)28-21-7-4-12-26(22(21)27)18-10-8-17(23)9-11-18/h2-3,5-6,8-11,21H,4,7,12-16H2,1H3. The van der Waals surface area contributed by atoms with E-state index in [1.807, 2.05) is 47.4 Å². The van der Waals surface area contributed by atoms with Crippen LogP contribution in [-0.2, 0) is 4.79 Å². The molecule has 2 heterocycles. The van der Waals surface area contributed by atoms with E-state index in [0.717, 1.165) is 67.2 Å². The Morgan fingerprint density at radius 2 is 1.68 bits per heavy atom. The lowest BCUT2D eigenvalue weighted by Gasteiger charge is -2.36. The Kier molecular flexibility index (Phi) is 5.87. The fourth-order valence-corrected chi connectivity index (χ4v) is 4.11. The molecule has 28 heavy (non-hydrogen) atoms. The number of ether oxygens (including phenoxy) is 1. The maximum absolute atomic E-state index is 13.1. The Morgan fingerprint density at radius 3 is 2.43 bits per heavy atom. The third-order valence-corrected chi connectivity index (χ3v) is 6.03. The number of piperazine rings is 1. The molecule has 0 aliphatic carbocycles. The van der Waals surface area contributed by atoms with Gasteiger partial charge < -0.3 is 19.4 Å². The number of hydrogen-bond donors (Lipinski definition) is 0. The van der Waals surface area contributed by atoms with Crippen LogP contribution in [0.15, 0.2) is 53.0 Å². The highest BCUT2D eigenvalue weighted by Crippen LogP contribution is 2.32. The van der Waals surface area contributed by atoms with Crippen LogP contribution in [0.25, 0.3) is 0 Å². The van der Waals surface area contributed by atoms with Gasteiger partial charge in [0.1, 0.15) is 5.75 Å². The first-order valence-electron chi connectivity index (χ1n) is 9.88. The van der Waals surface area contributed by atoms with Gasteiger partial charge in [-0.05, 0) is 56.3 Å². The number of amides is 1. The van der Waals surface area contributed by atoms with Crippen molar-refractivity contribution in [3.63, 3.8) is 0 Å². The van der Waals surface area contributed by atoms with E-state index in [1.54, 1.807) is 0 Å². The van der Waals surface area contributed by atoms with Crippen LogP contribution in [0, 0.1) is 0 Å². The van der Waals surface area contributed by atoms with Gasteiger partial charge in [-0.2, -0.15) is 0 Å². The summed E-state index contributed by atoms with van der Waals surface area (Å²) in [6.07, 6.45) is 1.25. The van der Waals surface area contributed by atoms with Gasteiger partial charge >= 0.3 is 0 Å². The van der Waals surface area contributed by atoms with Crippen molar-refractivity contribution >= 4 is 33.2 Å². The Bertz CT molecular complexity index is 819. The number of carbonyl (C=O) groups excluding carboxylic acids is 1.